The third kappa shape index (κ3) is 3.53. The summed E-state index contributed by atoms with van der Waals surface area (Å²) in [7, 11) is 1.63. The first-order valence-corrected chi connectivity index (χ1v) is 9.14. The quantitative estimate of drug-likeness (QED) is 0.748. The number of thioether (sulfide) groups is 2. The maximum absolute atomic E-state index is 12.8. The van der Waals surface area contributed by atoms with E-state index in [1.54, 1.807) is 29.8 Å². The topological polar surface area (TPSA) is 44.1 Å². The molecule has 0 bridgehead atoms. The summed E-state index contributed by atoms with van der Waals surface area (Å²) in [5, 5.41) is 4.97. The van der Waals surface area contributed by atoms with E-state index in [2.05, 4.69) is 12.0 Å². The van der Waals surface area contributed by atoms with Crippen molar-refractivity contribution >= 4 is 40.9 Å². The molecule has 1 aliphatic heterocycles. The molecule has 0 saturated carbocycles. The predicted molar refractivity (Wildman–Crippen MR) is 86.2 cm³/mol. The molecule has 0 aromatic carbocycles. The lowest BCUT2D eigenvalue weighted by Crippen LogP contribution is -2.34. The van der Waals surface area contributed by atoms with Gasteiger partial charge in [-0.1, -0.05) is 18.5 Å². The molecule has 1 aromatic rings. The van der Waals surface area contributed by atoms with Crippen LogP contribution in [0.2, 0.25) is 5.02 Å². The number of aromatic nitrogens is 2. The Kier molecular flexibility index (Phi) is 6.26. The molecule has 0 N–H and O–H groups in total. The number of ketones is 1. The zero-order valence-electron chi connectivity index (χ0n) is 11.7. The highest BCUT2D eigenvalue weighted by Gasteiger charge is 2.34. The number of nitrogens with zero attached hydrogens (tertiary/aromatic N) is 2. The Labute approximate surface area is 133 Å². The van der Waals surface area contributed by atoms with Crippen molar-refractivity contribution in [1.82, 2.24) is 9.78 Å². The van der Waals surface area contributed by atoms with Gasteiger partial charge in [0.05, 0.1) is 29.6 Å². The average Bonchev–Trinajstić information content (AvgIpc) is 2.85. The molecule has 0 aliphatic carbocycles. The molecule has 1 fully saturated rings. The van der Waals surface area contributed by atoms with Crippen LogP contribution < -0.4 is 0 Å². The Morgan fingerprint density at radius 2 is 2.30 bits per heavy atom. The first-order chi connectivity index (χ1) is 9.69. The molecule has 2 atom stereocenters. The van der Waals surface area contributed by atoms with E-state index in [1.165, 1.54) is 0 Å². The van der Waals surface area contributed by atoms with Gasteiger partial charge in [0.1, 0.15) is 5.69 Å². The van der Waals surface area contributed by atoms with E-state index in [4.69, 9.17) is 16.3 Å². The number of carbonyl (C=O) groups excluding carboxylic acids is 1. The molecule has 1 saturated heterocycles. The second-order valence-corrected chi connectivity index (χ2v) is 7.53. The number of halogens is 1. The van der Waals surface area contributed by atoms with Crippen LogP contribution in [0.15, 0.2) is 6.20 Å². The Balaban J connectivity index is 2.21. The molecule has 4 nitrogen and oxygen atoms in total. The third-order valence-corrected chi connectivity index (χ3v) is 6.77. The highest BCUT2D eigenvalue weighted by molar-refractivity contribution is 8.07. The minimum Gasteiger partial charge on any atom is -0.383 e. The summed E-state index contributed by atoms with van der Waals surface area (Å²) in [5.41, 5.74) is 0.530. The number of hydrogen-bond donors (Lipinski definition) is 0. The zero-order valence-corrected chi connectivity index (χ0v) is 14.1. The van der Waals surface area contributed by atoms with E-state index >= 15 is 0 Å². The van der Waals surface area contributed by atoms with Crippen LogP contribution in [0.4, 0.5) is 0 Å². The fourth-order valence-electron chi connectivity index (χ4n) is 2.24. The van der Waals surface area contributed by atoms with Crippen molar-refractivity contribution in [1.29, 1.82) is 0 Å². The molecular weight excluding hydrogens is 316 g/mol. The largest absolute Gasteiger partial charge is 0.383 e. The number of rotatable bonds is 6. The molecule has 2 rings (SSSR count). The monoisotopic (exact) mass is 334 g/mol. The summed E-state index contributed by atoms with van der Waals surface area (Å²) in [6, 6.07) is 0. The predicted octanol–water partition coefficient (Wildman–Crippen LogP) is 2.99. The second kappa shape index (κ2) is 7.73. The standard InChI is InChI=1S/C13H19ClN2O2S2/c1-3-10-13(20-7-6-19-10)12(17)11-9(14)8-15-16(11)4-5-18-2/h8,10,13H,3-7H2,1-2H3. The van der Waals surface area contributed by atoms with Crippen LogP contribution in [0.3, 0.4) is 0 Å². The number of hydrogen-bond acceptors (Lipinski definition) is 5. The Morgan fingerprint density at radius 1 is 1.55 bits per heavy atom. The van der Waals surface area contributed by atoms with Crippen molar-refractivity contribution in [3.05, 3.63) is 16.9 Å². The van der Waals surface area contributed by atoms with Gasteiger partial charge < -0.3 is 4.74 Å². The van der Waals surface area contributed by atoms with E-state index in [0.29, 0.717) is 29.1 Å². The van der Waals surface area contributed by atoms with Gasteiger partial charge in [0.2, 0.25) is 0 Å². The maximum atomic E-state index is 12.8. The van der Waals surface area contributed by atoms with Crippen LogP contribution in [0.5, 0.6) is 0 Å². The molecule has 112 valence electrons. The van der Waals surface area contributed by atoms with E-state index in [0.717, 1.165) is 17.9 Å². The summed E-state index contributed by atoms with van der Waals surface area (Å²) < 4.78 is 6.72. The van der Waals surface area contributed by atoms with Crippen molar-refractivity contribution in [2.45, 2.75) is 30.4 Å². The fourth-order valence-corrected chi connectivity index (χ4v) is 5.47. The molecule has 7 heteroatoms. The SMILES string of the molecule is CCC1SCCSC1C(=O)c1c(Cl)cnn1CCOC. The zero-order chi connectivity index (χ0) is 14.5. The van der Waals surface area contributed by atoms with Crippen molar-refractivity contribution in [2.24, 2.45) is 0 Å². The lowest BCUT2D eigenvalue weighted by atomic mass is 10.1. The summed E-state index contributed by atoms with van der Waals surface area (Å²) in [6.45, 7) is 3.20. The van der Waals surface area contributed by atoms with E-state index in [9.17, 15) is 4.79 Å². The van der Waals surface area contributed by atoms with Crippen LogP contribution in [0.25, 0.3) is 0 Å². The van der Waals surface area contributed by atoms with Crippen LogP contribution >= 0.6 is 35.1 Å². The molecule has 1 aliphatic rings. The van der Waals surface area contributed by atoms with Crippen molar-refractivity contribution in [3.63, 3.8) is 0 Å². The minimum atomic E-state index is -0.0192. The average molecular weight is 335 g/mol. The molecule has 1 aromatic heterocycles. The summed E-state index contributed by atoms with van der Waals surface area (Å²) in [6.07, 6.45) is 2.55. The first-order valence-electron chi connectivity index (χ1n) is 6.66. The summed E-state index contributed by atoms with van der Waals surface area (Å²) in [5.74, 6) is 2.23. The minimum absolute atomic E-state index is 0.0192. The van der Waals surface area contributed by atoms with Crippen molar-refractivity contribution in [3.8, 4) is 0 Å². The molecule has 0 amide bonds. The van der Waals surface area contributed by atoms with Gasteiger partial charge in [-0.25, -0.2) is 0 Å². The lowest BCUT2D eigenvalue weighted by Gasteiger charge is -2.28. The molecule has 0 radical (unpaired) electrons. The molecule has 0 spiro atoms. The molecule has 2 unspecified atom stereocenters. The van der Waals surface area contributed by atoms with Gasteiger partial charge in [-0.2, -0.15) is 16.9 Å². The molecule has 20 heavy (non-hydrogen) atoms. The summed E-state index contributed by atoms with van der Waals surface area (Å²) >= 11 is 9.80. The van der Waals surface area contributed by atoms with Gasteiger partial charge >= 0.3 is 0 Å². The first kappa shape index (κ1) is 16.2. The van der Waals surface area contributed by atoms with Crippen LogP contribution in [-0.4, -0.2) is 51.3 Å². The number of methoxy groups -OCH3 is 1. The summed E-state index contributed by atoms with van der Waals surface area (Å²) in [4.78, 5) is 12.8. The fraction of sp³-hybridized carbons (Fsp3) is 0.692. The molecule has 2 heterocycles. The van der Waals surface area contributed by atoms with Crippen LogP contribution in [0, 0.1) is 0 Å². The van der Waals surface area contributed by atoms with E-state index in [-0.39, 0.29) is 11.0 Å². The van der Waals surface area contributed by atoms with Gasteiger partial charge in [-0.15, -0.1) is 11.8 Å². The number of Topliss-reactive ketones (excluding diaryl/α,β-unsaturated/α-hetero) is 1. The Bertz CT molecular complexity index is 467. The highest BCUT2D eigenvalue weighted by atomic mass is 35.5. The van der Waals surface area contributed by atoms with E-state index in [1.807, 2.05) is 11.8 Å². The smallest absolute Gasteiger partial charge is 0.196 e. The third-order valence-electron chi connectivity index (χ3n) is 3.25. The maximum Gasteiger partial charge on any atom is 0.196 e. The van der Waals surface area contributed by atoms with Gasteiger partial charge in [-0.05, 0) is 6.42 Å². The highest BCUT2D eigenvalue weighted by Crippen LogP contribution is 2.36. The van der Waals surface area contributed by atoms with E-state index < -0.39 is 0 Å². The van der Waals surface area contributed by atoms with Crippen LogP contribution in [-0.2, 0) is 11.3 Å². The van der Waals surface area contributed by atoms with Crippen LogP contribution in [0.1, 0.15) is 23.8 Å². The van der Waals surface area contributed by atoms with Gasteiger partial charge in [0, 0.05) is 23.9 Å². The van der Waals surface area contributed by atoms with Gasteiger partial charge in [0.25, 0.3) is 0 Å². The normalized spacial score (nSPS) is 22.9. The Morgan fingerprint density at radius 3 is 3.00 bits per heavy atom. The molecular formula is C13H19ClN2O2S2. The van der Waals surface area contributed by atoms with Crippen molar-refractivity contribution in [2.75, 3.05) is 25.2 Å². The second-order valence-electron chi connectivity index (χ2n) is 4.53. The number of ether oxygens (including phenoxy) is 1. The lowest BCUT2D eigenvalue weighted by molar-refractivity contribution is 0.0974. The van der Waals surface area contributed by atoms with Crippen molar-refractivity contribution < 1.29 is 9.53 Å². The van der Waals surface area contributed by atoms with Gasteiger partial charge in [-0.3, -0.25) is 9.48 Å². The van der Waals surface area contributed by atoms with Gasteiger partial charge in [0.15, 0.2) is 5.78 Å². The number of carbonyl (C=O) groups is 1. The Hall–Kier alpha value is -0.170.